The van der Waals surface area contributed by atoms with Crippen LogP contribution in [0, 0.1) is 18.8 Å². The Morgan fingerprint density at radius 2 is 0.886 bits per heavy atom. The molecule has 0 saturated carbocycles. The van der Waals surface area contributed by atoms with Gasteiger partial charge in [0, 0.05) is 10.9 Å². The smallest absolute Gasteiger partial charge is 0.0416 e. The summed E-state index contributed by atoms with van der Waals surface area (Å²) in [6.07, 6.45) is 0. The lowest BCUT2D eigenvalue weighted by molar-refractivity contribution is 1.46. The normalized spacial score (nSPS) is 10.8. The lowest BCUT2D eigenvalue weighted by atomic mass is 10.1. The van der Waals surface area contributed by atoms with E-state index in [1.807, 2.05) is 0 Å². The van der Waals surface area contributed by atoms with Crippen molar-refractivity contribution in [2.45, 2.75) is 6.92 Å². The molecular formula is C34H27P. The number of rotatable bonds is 4. The summed E-state index contributed by atoms with van der Waals surface area (Å²) in [5.41, 5.74) is 3.43. The fraction of sp³-hybridized carbons (Fsp3) is 0.0294. The molecule has 5 aromatic carbocycles. The Bertz CT molecular complexity index is 1400. The predicted octanol–water partition coefficient (Wildman–Crippen LogP) is 6.56. The van der Waals surface area contributed by atoms with Gasteiger partial charge in [-0.25, -0.2) is 0 Å². The van der Waals surface area contributed by atoms with Crippen molar-refractivity contribution in [3.05, 3.63) is 162 Å². The van der Waals surface area contributed by atoms with E-state index in [4.69, 9.17) is 0 Å². The molecule has 0 N–H and O–H groups in total. The molecule has 168 valence electrons. The molecule has 0 aliphatic heterocycles. The molecule has 0 heterocycles. The minimum atomic E-state index is -2.29. The topological polar surface area (TPSA) is 0 Å². The van der Waals surface area contributed by atoms with Gasteiger partial charge in [-0.1, -0.05) is 151 Å². The zero-order valence-corrected chi connectivity index (χ0v) is 20.7. The molecule has 0 atom stereocenters. The Labute approximate surface area is 208 Å². The second-order valence-electron chi connectivity index (χ2n) is 8.51. The fourth-order valence-electron chi connectivity index (χ4n) is 4.50. The highest BCUT2D eigenvalue weighted by Crippen LogP contribution is 2.47. The lowest BCUT2D eigenvalue weighted by Crippen LogP contribution is -2.30. The highest BCUT2D eigenvalue weighted by molar-refractivity contribution is 7.96. The van der Waals surface area contributed by atoms with Gasteiger partial charge in [0.2, 0.25) is 0 Å². The molecule has 5 rings (SSSR count). The van der Waals surface area contributed by atoms with Crippen LogP contribution in [0.2, 0.25) is 0 Å². The molecule has 35 heavy (non-hydrogen) atoms. The average Bonchev–Trinajstić information content (AvgIpc) is 2.94. The Morgan fingerprint density at radius 3 is 1.31 bits per heavy atom. The molecule has 0 fully saturated rings. The first kappa shape index (κ1) is 22.7. The Morgan fingerprint density at radius 1 is 0.486 bits per heavy atom. The maximum Gasteiger partial charge on any atom is 0.0416 e. The second-order valence-corrected chi connectivity index (χ2v) is 11.8. The Hall–Kier alpha value is -4.04. The van der Waals surface area contributed by atoms with Gasteiger partial charge >= 0.3 is 0 Å². The average molecular weight is 467 g/mol. The zero-order valence-electron chi connectivity index (χ0n) is 19.8. The van der Waals surface area contributed by atoms with Gasteiger partial charge in [0.05, 0.1) is 0 Å². The van der Waals surface area contributed by atoms with E-state index in [9.17, 15) is 0 Å². The molecule has 1 heteroatoms. The standard InChI is InChI=1S/C34H27P/c1-28-22-24-29(25-23-28)26-27-34(30-14-6-2-7-15-30)35(31-16-8-3-9-17-31,32-18-10-4-11-19-32)33-20-12-5-13-21-33/h2-25H,1H3. The van der Waals surface area contributed by atoms with Gasteiger partial charge in [-0.2, -0.15) is 0 Å². The van der Waals surface area contributed by atoms with Crippen LogP contribution in [0.1, 0.15) is 16.7 Å². The monoisotopic (exact) mass is 466 g/mol. The van der Waals surface area contributed by atoms with Crippen molar-refractivity contribution in [3.8, 4) is 11.8 Å². The summed E-state index contributed by atoms with van der Waals surface area (Å²) < 4.78 is 0. The quantitative estimate of drug-likeness (QED) is 0.208. The first-order valence-corrected chi connectivity index (χ1v) is 13.6. The van der Waals surface area contributed by atoms with E-state index in [2.05, 4.69) is 164 Å². The number of benzene rings is 5. The molecule has 0 nitrogen and oxygen atoms in total. The van der Waals surface area contributed by atoms with E-state index in [0.29, 0.717) is 0 Å². The van der Waals surface area contributed by atoms with Gasteiger partial charge < -0.3 is 0 Å². The van der Waals surface area contributed by atoms with Crippen LogP contribution in [0.4, 0.5) is 0 Å². The number of aryl methyl sites for hydroxylation is 1. The third-order valence-electron chi connectivity index (χ3n) is 6.19. The van der Waals surface area contributed by atoms with Crippen LogP contribution < -0.4 is 15.9 Å². The molecule has 0 amide bonds. The highest BCUT2D eigenvalue weighted by atomic mass is 31.2. The van der Waals surface area contributed by atoms with Gasteiger partial charge in [-0.05, 0) is 47.4 Å². The van der Waals surface area contributed by atoms with E-state index in [1.165, 1.54) is 26.8 Å². The molecule has 0 radical (unpaired) electrons. The summed E-state index contributed by atoms with van der Waals surface area (Å²) in [5, 5.41) is 5.07. The van der Waals surface area contributed by atoms with Crippen molar-refractivity contribution < 1.29 is 0 Å². The maximum absolute atomic E-state index is 3.72. The largest absolute Gasteiger partial charge is 0.0622 e. The van der Waals surface area contributed by atoms with E-state index in [0.717, 1.165) is 11.1 Å². The van der Waals surface area contributed by atoms with Crippen LogP contribution in [0.15, 0.2) is 146 Å². The summed E-state index contributed by atoms with van der Waals surface area (Å²) in [5.74, 6) is 7.25. The molecule has 0 spiro atoms. The third-order valence-corrected chi connectivity index (χ3v) is 10.4. The van der Waals surface area contributed by atoms with Gasteiger partial charge in [-0.15, -0.1) is 0 Å². The predicted molar refractivity (Wildman–Crippen MR) is 154 cm³/mol. The summed E-state index contributed by atoms with van der Waals surface area (Å²) >= 11 is 0. The first-order chi connectivity index (χ1) is 17.3. The van der Waals surface area contributed by atoms with Crippen LogP contribution in [-0.2, 0) is 0 Å². The highest BCUT2D eigenvalue weighted by Gasteiger charge is 2.30. The van der Waals surface area contributed by atoms with Gasteiger partial charge in [-0.3, -0.25) is 0 Å². The maximum atomic E-state index is 3.72. The minimum Gasteiger partial charge on any atom is -0.0622 e. The fourth-order valence-corrected chi connectivity index (χ4v) is 8.79. The summed E-state index contributed by atoms with van der Waals surface area (Å²) in [6, 6.07) is 51.9. The van der Waals surface area contributed by atoms with Gasteiger partial charge in [0.15, 0.2) is 0 Å². The first-order valence-electron chi connectivity index (χ1n) is 11.9. The summed E-state index contributed by atoms with van der Waals surface area (Å²) in [4.78, 5) is 0. The molecule has 0 aromatic heterocycles. The van der Waals surface area contributed by atoms with Crippen LogP contribution in [0.3, 0.4) is 0 Å². The van der Waals surface area contributed by atoms with Gasteiger partial charge in [0.25, 0.3) is 0 Å². The molecule has 5 aromatic rings. The van der Waals surface area contributed by atoms with Crippen molar-refractivity contribution >= 4 is 28.1 Å². The van der Waals surface area contributed by atoms with E-state index < -0.39 is 6.89 Å². The molecule has 0 aliphatic carbocycles. The van der Waals surface area contributed by atoms with Crippen molar-refractivity contribution in [2.24, 2.45) is 0 Å². The molecule has 0 saturated heterocycles. The Balaban J connectivity index is 1.99. The summed E-state index contributed by atoms with van der Waals surface area (Å²) in [6.45, 7) is -0.182. The minimum absolute atomic E-state index is 1.02. The van der Waals surface area contributed by atoms with Crippen molar-refractivity contribution in [1.29, 1.82) is 0 Å². The zero-order chi connectivity index (χ0) is 23.9. The third kappa shape index (κ3) is 4.65. The Kier molecular flexibility index (Phi) is 6.81. The summed E-state index contributed by atoms with van der Waals surface area (Å²) in [7, 11) is 0. The van der Waals surface area contributed by atoms with Crippen LogP contribution in [0.25, 0.3) is 0 Å². The van der Waals surface area contributed by atoms with Crippen molar-refractivity contribution in [3.63, 3.8) is 0 Å². The van der Waals surface area contributed by atoms with Crippen LogP contribution >= 0.6 is 6.89 Å². The van der Waals surface area contributed by atoms with E-state index >= 15 is 0 Å². The van der Waals surface area contributed by atoms with Crippen molar-refractivity contribution in [1.82, 2.24) is 0 Å². The van der Waals surface area contributed by atoms with E-state index in [1.54, 1.807) is 0 Å². The van der Waals surface area contributed by atoms with Crippen LogP contribution in [-0.4, -0.2) is 5.29 Å². The number of hydrogen-bond donors (Lipinski definition) is 0. The molecule has 0 unspecified atom stereocenters. The SMILES string of the molecule is Cc1ccc(C#CC(c2ccccc2)=P(c2ccccc2)(c2ccccc2)c2ccccc2)cc1. The van der Waals surface area contributed by atoms with Crippen LogP contribution in [0.5, 0.6) is 0 Å². The molecule has 0 bridgehead atoms. The molecular weight excluding hydrogens is 439 g/mol. The molecule has 0 aliphatic rings. The number of hydrogen-bond acceptors (Lipinski definition) is 0. The van der Waals surface area contributed by atoms with Crippen molar-refractivity contribution in [2.75, 3.05) is 0 Å². The lowest BCUT2D eigenvalue weighted by Gasteiger charge is -2.31. The van der Waals surface area contributed by atoms with Gasteiger partial charge in [0.1, 0.15) is 0 Å². The second kappa shape index (κ2) is 10.5. The van der Waals surface area contributed by atoms with E-state index in [-0.39, 0.29) is 0 Å².